The van der Waals surface area contributed by atoms with Gasteiger partial charge in [0.15, 0.2) is 0 Å². The summed E-state index contributed by atoms with van der Waals surface area (Å²) in [5.74, 6) is 0. The Kier molecular flexibility index (Phi) is 1.86. The molecule has 0 saturated carbocycles. The van der Waals surface area contributed by atoms with Gasteiger partial charge < -0.3 is 0 Å². The number of aromatic nitrogens is 3. The molecule has 0 unspecified atom stereocenters. The van der Waals surface area contributed by atoms with Gasteiger partial charge in [0.25, 0.3) is 0 Å². The third-order valence-corrected chi connectivity index (χ3v) is 1.67. The molecular formula is C9H9N3. The minimum absolute atomic E-state index is 0.887. The molecular weight excluding hydrogens is 150 g/mol. The first-order valence-electron chi connectivity index (χ1n) is 3.87. The first-order valence-corrected chi connectivity index (χ1v) is 3.87. The zero-order valence-electron chi connectivity index (χ0n) is 6.57. The molecule has 0 spiro atoms. The van der Waals surface area contributed by atoms with Crippen molar-refractivity contribution in [2.45, 2.75) is 6.42 Å². The van der Waals surface area contributed by atoms with Crippen LogP contribution in [0.1, 0.15) is 6.42 Å². The number of hydrogen-bond acceptors (Lipinski definition) is 2. The van der Waals surface area contributed by atoms with Crippen molar-refractivity contribution in [1.29, 1.82) is 0 Å². The largest absolute Gasteiger partial charge is 0.258 e. The minimum Gasteiger partial charge on any atom is -0.258 e. The van der Waals surface area contributed by atoms with Gasteiger partial charge in [-0.05, 0) is 18.6 Å². The standard InChI is InChI=1S/C9H9N3/c1-2-4-6-8-9(7-5-3-1)11-12-10-8/h2-7H,1H2,(H,10,11)/b4-2-,5-3?,8-6+,9-7+. The lowest BCUT2D eigenvalue weighted by Crippen LogP contribution is -2.23. The number of hydrogen-bond donors (Lipinski definition) is 1. The Balaban J connectivity index is 2.68. The molecule has 0 fully saturated rings. The summed E-state index contributed by atoms with van der Waals surface area (Å²) in [7, 11) is 0. The third kappa shape index (κ3) is 1.34. The fraction of sp³-hybridized carbons (Fsp3) is 0.111. The van der Waals surface area contributed by atoms with Gasteiger partial charge in [-0.1, -0.05) is 29.5 Å². The van der Waals surface area contributed by atoms with Crippen LogP contribution in [0.15, 0.2) is 24.3 Å². The van der Waals surface area contributed by atoms with E-state index in [4.69, 9.17) is 0 Å². The molecule has 0 aromatic carbocycles. The van der Waals surface area contributed by atoms with Crippen molar-refractivity contribution in [1.82, 2.24) is 15.4 Å². The van der Waals surface area contributed by atoms with Crippen LogP contribution in [0.5, 0.6) is 0 Å². The number of aromatic amines is 1. The third-order valence-electron chi connectivity index (χ3n) is 1.67. The van der Waals surface area contributed by atoms with Crippen LogP contribution >= 0.6 is 0 Å². The van der Waals surface area contributed by atoms with Crippen molar-refractivity contribution >= 4 is 12.2 Å². The quantitative estimate of drug-likeness (QED) is 0.573. The predicted octanol–water partition coefficient (Wildman–Crippen LogP) is -0.118. The van der Waals surface area contributed by atoms with E-state index >= 15 is 0 Å². The number of nitrogens with one attached hydrogen (secondary N) is 1. The molecule has 12 heavy (non-hydrogen) atoms. The molecule has 1 aliphatic carbocycles. The summed E-state index contributed by atoms with van der Waals surface area (Å²) in [6.45, 7) is 0. The maximum Gasteiger partial charge on any atom is 0.112 e. The lowest BCUT2D eigenvalue weighted by Gasteiger charge is -1.75. The van der Waals surface area contributed by atoms with Gasteiger partial charge in [0.2, 0.25) is 0 Å². The molecule has 1 aromatic heterocycles. The number of fused-ring (bicyclic) bond motifs is 1. The summed E-state index contributed by atoms with van der Waals surface area (Å²) >= 11 is 0. The summed E-state index contributed by atoms with van der Waals surface area (Å²) < 4.78 is 0. The summed E-state index contributed by atoms with van der Waals surface area (Å²) in [5, 5.41) is 12.3. The van der Waals surface area contributed by atoms with E-state index in [-0.39, 0.29) is 0 Å². The Hall–Kier alpha value is -1.64. The van der Waals surface area contributed by atoms with Gasteiger partial charge in [-0.3, -0.25) is 5.10 Å². The molecule has 1 heterocycles. The van der Waals surface area contributed by atoms with Gasteiger partial charge >= 0.3 is 0 Å². The zero-order chi connectivity index (χ0) is 8.23. The lowest BCUT2D eigenvalue weighted by molar-refractivity contribution is 0.925. The molecule has 2 rings (SSSR count). The maximum absolute atomic E-state index is 3.92. The van der Waals surface area contributed by atoms with E-state index in [2.05, 4.69) is 27.6 Å². The highest BCUT2D eigenvalue weighted by atomic mass is 15.3. The van der Waals surface area contributed by atoms with Gasteiger partial charge in [-0.2, -0.15) is 0 Å². The van der Waals surface area contributed by atoms with Crippen molar-refractivity contribution in [3.05, 3.63) is 35.0 Å². The minimum atomic E-state index is 0.887. The van der Waals surface area contributed by atoms with Gasteiger partial charge in [-0.25, -0.2) is 0 Å². The number of allylic oxidation sites excluding steroid dienone is 4. The predicted molar refractivity (Wildman–Crippen MR) is 47.5 cm³/mol. The highest BCUT2D eigenvalue weighted by Crippen LogP contribution is 1.87. The second-order valence-corrected chi connectivity index (χ2v) is 2.54. The summed E-state index contributed by atoms with van der Waals surface area (Å²) in [4.78, 5) is 0. The molecule has 1 N–H and O–H groups in total. The topological polar surface area (TPSA) is 41.6 Å². The van der Waals surface area contributed by atoms with Crippen LogP contribution in [0, 0.1) is 0 Å². The highest BCUT2D eigenvalue weighted by molar-refractivity contribution is 5.41. The maximum atomic E-state index is 3.92. The SMILES string of the molecule is C1=CC\C=C/C=c2/nn[nH]/c2=C/1. The average Bonchev–Trinajstić information content (AvgIpc) is 2.50. The van der Waals surface area contributed by atoms with Crippen LogP contribution in [0.4, 0.5) is 0 Å². The molecule has 0 radical (unpaired) electrons. The Morgan fingerprint density at radius 3 is 2.92 bits per heavy atom. The lowest BCUT2D eigenvalue weighted by atomic mass is 10.3. The molecule has 1 aliphatic rings. The van der Waals surface area contributed by atoms with E-state index in [0.29, 0.717) is 0 Å². The first-order chi connectivity index (χ1) is 5.97. The molecule has 60 valence electrons. The fourth-order valence-corrected chi connectivity index (χ4v) is 1.05. The monoisotopic (exact) mass is 159 g/mol. The van der Waals surface area contributed by atoms with Crippen LogP contribution in [-0.4, -0.2) is 15.4 Å². The van der Waals surface area contributed by atoms with E-state index in [1.807, 2.05) is 24.3 Å². The summed E-state index contributed by atoms with van der Waals surface area (Å²) in [6.07, 6.45) is 13.0. The zero-order valence-corrected chi connectivity index (χ0v) is 6.57. The van der Waals surface area contributed by atoms with Crippen LogP contribution in [0.3, 0.4) is 0 Å². The highest BCUT2D eigenvalue weighted by Gasteiger charge is 1.86. The van der Waals surface area contributed by atoms with E-state index in [1.165, 1.54) is 0 Å². The molecule has 0 saturated heterocycles. The van der Waals surface area contributed by atoms with Crippen LogP contribution in [0.25, 0.3) is 12.2 Å². The second-order valence-electron chi connectivity index (χ2n) is 2.54. The number of nitrogens with zero attached hydrogens (tertiary/aromatic N) is 2. The van der Waals surface area contributed by atoms with E-state index < -0.39 is 0 Å². The number of rotatable bonds is 0. The van der Waals surface area contributed by atoms with Crippen molar-refractivity contribution in [3.63, 3.8) is 0 Å². The Labute approximate surface area is 69.8 Å². The smallest absolute Gasteiger partial charge is 0.112 e. The van der Waals surface area contributed by atoms with E-state index in [1.54, 1.807) is 0 Å². The molecule has 0 aliphatic heterocycles. The van der Waals surface area contributed by atoms with Crippen LogP contribution in [0.2, 0.25) is 0 Å². The van der Waals surface area contributed by atoms with Crippen molar-refractivity contribution < 1.29 is 0 Å². The first kappa shape index (κ1) is 7.03. The van der Waals surface area contributed by atoms with Crippen molar-refractivity contribution in [2.24, 2.45) is 0 Å². The molecule has 0 bridgehead atoms. The Morgan fingerprint density at radius 1 is 1.17 bits per heavy atom. The van der Waals surface area contributed by atoms with Crippen molar-refractivity contribution in [3.8, 4) is 0 Å². The van der Waals surface area contributed by atoms with E-state index in [0.717, 1.165) is 17.1 Å². The van der Waals surface area contributed by atoms with Gasteiger partial charge in [-0.15, -0.1) is 5.10 Å². The molecule has 3 heteroatoms. The fourth-order valence-electron chi connectivity index (χ4n) is 1.05. The second kappa shape index (κ2) is 3.17. The Bertz CT molecular complexity index is 384. The molecule has 3 nitrogen and oxygen atoms in total. The normalized spacial score (nSPS) is 23.3. The average molecular weight is 159 g/mol. The Morgan fingerprint density at radius 2 is 2.00 bits per heavy atom. The molecule has 1 aromatic rings. The molecule has 0 amide bonds. The van der Waals surface area contributed by atoms with Gasteiger partial charge in [0.1, 0.15) is 5.35 Å². The molecule has 0 atom stereocenters. The van der Waals surface area contributed by atoms with Crippen LogP contribution in [-0.2, 0) is 0 Å². The van der Waals surface area contributed by atoms with Crippen molar-refractivity contribution in [2.75, 3.05) is 0 Å². The summed E-state index contributed by atoms with van der Waals surface area (Å²) in [6, 6.07) is 0. The van der Waals surface area contributed by atoms with Gasteiger partial charge in [0, 0.05) is 0 Å². The summed E-state index contributed by atoms with van der Waals surface area (Å²) in [5.41, 5.74) is 0. The number of H-pyrrole nitrogens is 1. The van der Waals surface area contributed by atoms with Crippen LogP contribution < -0.4 is 10.7 Å². The van der Waals surface area contributed by atoms with E-state index in [9.17, 15) is 0 Å². The van der Waals surface area contributed by atoms with Gasteiger partial charge in [0.05, 0.1) is 5.35 Å².